The van der Waals surface area contributed by atoms with Gasteiger partial charge in [-0.2, -0.15) is 0 Å². The molecular formula is C12H25NO. The van der Waals surface area contributed by atoms with E-state index in [0.717, 1.165) is 12.5 Å². The Morgan fingerprint density at radius 2 is 2.07 bits per heavy atom. The fourth-order valence-corrected chi connectivity index (χ4v) is 2.64. The molecule has 0 radical (unpaired) electrons. The molecule has 1 N–H and O–H groups in total. The van der Waals surface area contributed by atoms with Crippen molar-refractivity contribution >= 4 is 0 Å². The van der Waals surface area contributed by atoms with Crippen LogP contribution in [0.5, 0.6) is 0 Å². The first-order chi connectivity index (χ1) is 6.81. The highest BCUT2D eigenvalue weighted by atomic mass is 16.5. The van der Waals surface area contributed by atoms with Gasteiger partial charge in [-0.3, -0.25) is 0 Å². The number of hydrogen-bond acceptors (Lipinski definition) is 2. The van der Waals surface area contributed by atoms with E-state index in [1.54, 1.807) is 0 Å². The Kier molecular flexibility index (Phi) is 5.49. The molecule has 0 aliphatic heterocycles. The van der Waals surface area contributed by atoms with Crippen molar-refractivity contribution in [2.45, 2.75) is 58.1 Å². The maximum absolute atomic E-state index is 5.57. The van der Waals surface area contributed by atoms with E-state index in [4.69, 9.17) is 4.74 Å². The molecule has 1 aliphatic rings. The van der Waals surface area contributed by atoms with Crippen molar-refractivity contribution in [3.63, 3.8) is 0 Å². The Labute approximate surface area is 88.4 Å². The van der Waals surface area contributed by atoms with Gasteiger partial charge in [0.15, 0.2) is 0 Å². The number of methoxy groups -OCH3 is 1. The normalized spacial score (nSPS) is 33.2. The lowest BCUT2D eigenvalue weighted by molar-refractivity contribution is 0.0217. The minimum absolute atomic E-state index is 0.445. The standard InChI is InChI=1S/C12H25NO/c1-4-6-10-7-8-11(13-5-2)12(9-10)14-3/h10-13H,4-9H2,1-3H3. The minimum atomic E-state index is 0.445. The summed E-state index contributed by atoms with van der Waals surface area (Å²) < 4.78 is 5.57. The van der Waals surface area contributed by atoms with Crippen LogP contribution < -0.4 is 5.32 Å². The Hall–Kier alpha value is -0.0800. The molecule has 0 aromatic carbocycles. The van der Waals surface area contributed by atoms with Crippen molar-refractivity contribution in [1.29, 1.82) is 0 Å². The molecule has 3 unspecified atom stereocenters. The van der Waals surface area contributed by atoms with Crippen molar-refractivity contribution in [2.75, 3.05) is 13.7 Å². The van der Waals surface area contributed by atoms with Crippen LogP contribution in [-0.2, 0) is 4.74 Å². The summed E-state index contributed by atoms with van der Waals surface area (Å²) in [4.78, 5) is 0. The van der Waals surface area contributed by atoms with Gasteiger partial charge in [-0.15, -0.1) is 0 Å². The van der Waals surface area contributed by atoms with Crippen molar-refractivity contribution in [1.82, 2.24) is 5.32 Å². The second kappa shape index (κ2) is 6.41. The molecule has 0 heterocycles. The molecule has 0 saturated heterocycles. The van der Waals surface area contributed by atoms with Gasteiger partial charge in [0.25, 0.3) is 0 Å². The summed E-state index contributed by atoms with van der Waals surface area (Å²) in [5.41, 5.74) is 0. The number of ether oxygens (including phenoxy) is 1. The summed E-state index contributed by atoms with van der Waals surface area (Å²) in [6, 6.07) is 0.595. The van der Waals surface area contributed by atoms with E-state index in [2.05, 4.69) is 19.2 Å². The minimum Gasteiger partial charge on any atom is -0.380 e. The van der Waals surface area contributed by atoms with Crippen LogP contribution in [0.2, 0.25) is 0 Å². The third-order valence-corrected chi connectivity index (χ3v) is 3.37. The van der Waals surface area contributed by atoms with E-state index in [1.807, 2.05) is 7.11 Å². The topological polar surface area (TPSA) is 21.3 Å². The lowest BCUT2D eigenvalue weighted by Gasteiger charge is -2.35. The molecule has 0 spiro atoms. The molecule has 0 aromatic heterocycles. The smallest absolute Gasteiger partial charge is 0.0726 e. The molecule has 0 bridgehead atoms. The largest absolute Gasteiger partial charge is 0.380 e. The molecule has 2 nitrogen and oxygen atoms in total. The zero-order valence-electron chi connectivity index (χ0n) is 9.88. The van der Waals surface area contributed by atoms with E-state index >= 15 is 0 Å². The number of nitrogens with one attached hydrogen (secondary N) is 1. The predicted molar refractivity (Wildman–Crippen MR) is 60.5 cm³/mol. The predicted octanol–water partition coefficient (Wildman–Crippen LogP) is 2.58. The van der Waals surface area contributed by atoms with Gasteiger partial charge in [-0.05, 0) is 31.7 Å². The SMILES string of the molecule is CCCC1CCC(NCC)C(OC)C1. The summed E-state index contributed by atoms with van der Waals surface area (Å²) >= 11 is 0. The highest BCUT2D eigenvalue weighted by Crippen LogP contribution is 2.29. The van der Waals surface area contributed by atoms with E-state index < -0.39 is 0 Å². The van der Waals surface area contributed by atoms with Gasteiger partial charge in [0.2, 0.25) is 0 Å². The van der Waals surface area contributed by atoms with Gasteiger partial charge >= 0.3 is 0 Å². The third kappa shape index (κ3) is 3.25. The number of rotatable bonds is 5. The Morgan fingerprint density at radius 1 is 1.29 bits per heavy atom. The van der Waals surface area contributed by atoms with Gasteiger partial charge in [-0.1, -0.05) is 26.7 Å². The van der Waals surface area contributed by atoms with Crippen LogP contribution in [0, 0.1) is 5.92 Å². The maximum atomic E-state index is 5.57. The zero-order chi connectivity index (χ0) is 10.4. The van der Waals surface area contributed by atoms with Crippen molar-refractivity contribution < 1.29 is 4.74 Å². The molecular weight excluding hydrogens is 174 g/mol. The van der Waals surface area contributed by atoms with Crippen molar-refractivity contribution in [2.24, 2.45) is 5.92 Å². The summed E-state index contributed by atoms with van der Waals surface area (Å²) in [6.07, 6.45) is 7.05. The summed E-state index contributed by atoms with van der Waals surface area (Å²) in [5, 5.41) is 3.52. The zero-order valence-corrected chi connectivity index (χ0v) is 9.88. The third-order valence-electron chi connectivity index (χ3n) is 3.37. The van der Waals surface area contributed by atoms with E-state index in [9.17, 15) is 0 Å². The lowest BCUT2D eigenvalue weighted by Crippen LogP contribution is -2.45. The second-order valence-electron chi connectivity index (χ2n) is 4.41. The van der Waals surface area contributed by atoms with Gasteiger partial charge < -0.3 is 10.1 Å². The molecule has 1 saturated carbocycles. The first kappa shape index (κ1) is 12.0. The van der Waals surface area contributed by atoms with Crippen LogP contribution in [0.25, 0.3) is 0 Å². The molecule has 0 aromatic rings. The Balaban J connectivity index is 2.37. The lowest BCUT2D eigenvalue weighted by atomic mass is 9.81. The highest BCUT2D eigenvalue weighted by Gasteiger charge is 2.29. The van der Waals surface area contributed by atoms with Crippen LogP contribution in [-0.4, -0.2) is 25.8 Å². The van der Waals surface area contributed by atoms with E-state index in [1.165, 1.54) is 32.1 Å². The molecule has 1 aliphatic carbocycles. The molecule has 1 rings (SSSR count). The fourth-order valence-electron chi connectivity index (χ4n) is 2.64. The van der Waals surface area contributed by atoms with E-state index in [0.29, 0.717) is 12.1 Å². The highest BCUT2D eigenvalue weighted by molar-refractivity contribution is 4.85. The molecule has 3 atom stereocenters. The van der Waals surface area contributed by atoms with Crippen LogP contribution in [0.15, 0.2) is 0 Å². The van der Waals surface area contributed by atoms with Gasteiger partial charge in [0.1, 0.15) is 0 Å². The Bertz CT molecular complexity index is 149. The number of likely N-dealkylation sites (N-methyl/N-ethyl adjacent to an activating group) is 1. The second-order valence-corrected chi connectivity index (χ2v) is 4.41. The molecule has 84 valence electrons. The molecule has 2 heteroatoms. The summed E-state index contributed by atoms with van der Waals surface area (Å²) in [5.74, 6) is 0.903. The van der Waals surface area contributed by atoms with Gasteiger partial charge in [0.05, 0.1) is 6.10 Å². The average Bonchev–Trinajstić information content (AvgIpc) is 2.21. The summed E-state index contributed by atoms with van der Waals surface area (Å²) in [6.45, 7) is 5.51. The fraction of sp³-hybridized carbons (Fsp3) is 1.00. The van der Waals surface area contributed by atoms with Gasteiger partial charge in [-0.25, -0.2) is 0 Å². The van der Waals surface area contributed by atoms with Crippen LogP contribution in [0.4, 0.5) is 0 Å². The molecule has 14 heavy (non-hydrogen) atoms. The number of hydrogen-bond donors (Lipinski definition) is 1. The summed E-state index contributed by atoms with van der Waals surface area (Å²) in [7, 11) is 1.85. The first-order valence-corrected chi connectivity index (χ1v) is 6.07. The average molecular weight is 199 g/mol. The van der Waals surface area contributed by atoms with Crippen molar-refractivity contribution in [3.8, 4) is 0 Å². The molecule has 1 fully saturated rings. The van der Waals surface area contributed by atoms with Crippen LogP contribution >= 0.6 is 0 Å². The molecule has 0 amide bonds. The van der Waals surface area contributed by atoms with E-state index in [-0.39, 0.29) is 0 Å². The van der Waals surface area contributed by atoms with Crippen LogP contribution in [0.3, 0.4) is 0 Å². The van der Waals surface area contributed by atoms with Crippen molar-refractivity contribution in [3.05, 3.63) is 0 Å². The monoisotopic (exact) mass is 199 g/mol. The van der Waals surface area contributed by atoms with Gasteiger partial charge in [0, 0.05) is 13.2 Å². The van der Waals surface area contributed by atoms with Crippen LogP contribution in [0.1, 0.15) is 46.0 Å². The maximum Gasteiger partial charge on any atom is 0.0726 e. The first-order valence-electron chi connectivity index (χ1n) is 6.07. The Morgan fingerprint density at radius 3 is 2.64 bits per heavy atom. The quantitative estimate of drug-likeness (QED) is 0.735.